The van der Waals surface area contributed by atoms with Crippen LogP contribution in [-0.4, -0.2) is 45.0 Å². The van der Waals surface area contributed by atoms with Crippen LogP contribution in [0.25, 0.3) is 44.6 Å². The molecule has 0 fully saturated rings. The summed E-state index contributed by atoms with van der Waals surface area (Å²) in [6.07, 6.45) is 3.66. The summed E-state index contributed by atoms with van der Waals surface area (Å²) in [7, 11) is -9.88. The van der Waals surface area contributed by atoms with E-state index < -0.39 is 20.8 Å². The molecule has 2 heterocycles. The van der Waals surface area contributed by atoms with Crippen molar-refractivity contribution < 1.29 is 93.4 Å². The molecule has 0 radical (unpaired) electrons. The van der Waals surface area contributed by atoms with E-state index in [1.165, 1.54) is 48.5 Å². The smallest absolute Gasteiger partial charge is 0.716 e. The van der Waals surface area contributed by atoms with Crippen molar-refractivity contribution in [3.05, 3.63) is 118 Å². The van der Waals surface area contributed by atoms with Gasteiger partial charge < -0.3 is 17.5 Å². The third-order valence-electron chi connectivity index (χ3n) is 8.11. The third kappa shape index (κ3) is 10.8. The molecule has 14 nitrogen and oxygen atoms in total. The van der Waals surface area contributed by atoms with Crippen molar-refractivity contribution in [1.29, 1.82) is 0 Å². The van der Waals surface area contributed by atoms with Crippen LogP contribution >= 0.6 is 0 Å². The second-order valence-electron chi connectivity index (χ2n) is 11.6. The first kappa shape index (κ1) is 42.3. The molecule has 0 spiro atoms. The maximum atomic E-state index is 13.5. The molecule has 18 heteroatoms. The number of fused-ring (bicyclic) bond motifs is 2. The molecule has 0 saturated heterocycles. The molecule has 53 heavy (non-hydrogen) atoms. The number of benzene rings is 4. The minimum absolute atomic E-state index is 0. The van der Waals surface area contributed by atoms with Gasteiger partial charge in [0.15, 0.2) is 0 Å². The van der Waals surface area contributed by atoms with Gasteiger partial charge in [-0.25, -0.2) is 26.8 Å². The van der Waals surface area contributed by atoms with E-state index in [0.717, 1.165) is 19.3 Å². The molecule has 0 N–H and O–H groups in total. The zero-order chi connectivity index (χ0) is 36.2. The van der Waals surface area contributed by atoms with Crippen LogP contribution in [0.15, 0.2) is 107 Å². The average Bonchev–Trinajstić information content (AvgIpc) is 3.09. The summed E-state index contributed by atoms with van der Waals surface area (Å²) < 4.78 is 77.9. The Morgan fingerprint density at radius 1 is 0.509 bits per heavy atom. The summed E-state index contributed by atoms with van der Waals surface area (Å²) in [6.45, 7) is 0.732. The van der Waals surface area contributed by atoms with Gasteiger partial charge in [-0.05, 0) is 85.6 Å². The Labute approximate surface area is 349 Å². The van der Waals surface area contributed by atoms with E-state index in [4.69, 9.17) is 9.97 Å². The van der Waals surface area contributed by atoms with Crippen LogP contribution in [0.1, 0.15) is 32.1 Å². The van der Waals surface area contributed by atoms with E-state index in [0.29, 0.717) is 70.5 Å². The van der Waals surface area contributed by atoms with Gasteiger partial charge in [0.2, 0.25) is 0 Å². The largest absolute Gasteiger partial charge is 1.00 e. The fourth-order valence-electron chi connectivity index (χ4n) is 5.82. The monoisotopic (exact) mass is 776 g/mol. The maximum absolute atomic E-state index is 13.5. The van der Waals surface area contributed by atoms with E-state index in [1.807, 2.05) is 0 Å². The van der Waals surface area contributed by atoms with E-state index in [9.17, 15) is 35.5 Å². The van der Waals surface area contributed by atoms with Gasteiger partial charge in [-0.3, -0.25) is 18.7 Å². The second kappa shape index (κ2) is 18.3. The minimum Gasteiger partial charge on any atom is -0.716 e. The van der Waals surface area contributed by atoms with E-state index in [1.54, 1.807) is 57.7 Å². The SMILES string of the molecule is O=c1c2ccccc2nc(-c2ccc(OS(=O)(=O)[O-])cc2)n1CCCCCCCn1c(-c2ccc(OS(=O)(=O)[O-])cc2)nc2ccccc2c1=O.[Na+].[Na+]. The maximum Gasteiger partial charge on any atom is 1.00 e. The van der Waals surface area contributed by atoms with Gasteiger partial charge in [0, 0.05) is 24.2 Å². The standard InChI is InChI=1S/C35H32N4O10S2.2Na/c40-34-28-10-4-6-12-30(28)36-32(24-14-18-26(19-15-24)48-50(42,43)44)38(34)22-8-2-1-3-9-23-39-33(37-31-13-7-5-11-29(31)35(39)41)25-16-20-27(21-17-25)49-51(45,46)47;;/h4-7,10-21H,1-3,8-9,22-23H2,(H,42,43,44)(H,45,46,47);;/q;2*+1/p-2. The molecule has 2 aromatic heterocycles. The van der Waals surface area contributed by atoms with Gasteiger partial charge >= 0.3 is 59.1 Å². The first-order valence-electron chi connectivity index (χ1n) is 15.9. The number of hydrogen-bond donors (Lipinski definition) is 0. The Bertz CT molecular complexity index is 2390. The molecular formula is C35H30N4Na2O10S2. The second-order valence-corrected chi connectivity index (χ2v) is 13.6. The van der Waals surface area contributed by atoms with Crippen LogP contribution in [-0.2, 0) is 33.9 Å². The summed E-state index contributed by atoms with van der Waals surface area (Å²) in [5.41, 5.74) is 1.65. The van der Waals surface area contributed by atoms with Crippen molar-refractivity contribution in [2.75, 3.05) is 0 Å². The first-order valence-corrected chi connectivity index (χ1v) is 18.5. The predicted octanol–water partition coefficient (Wildman–Crippen LogP) is -1.22. The molecular weight excluding hydrogens is 747 g/mol. The number of nitrogens with zero attached hydrogens (tertiary/aromatic N) is 4. The molecule has 0 aliphatic rings. The predicted molar refractivity (Wildman–Crippen MR) is 187 cm³/mol. The van der Waals surface area contributed by atoms with Crippen LogP contribution in [0.2, 0.25) is 0 Å². The fourth-order valence-corrected chi connectivity index (χ4v) is 6.51. The Morgan fingerprint density at radius 2 is 0.849 bits per heavy atom. The van der Waals surface area contributed by atoms with Gasteiger partial charge in [-0.2, -0.15) is 0 Å². The molecule has 264 valence electrons. The van der Waals surface area contributed by atoms with Crippen LogP contribution in [0, 0.1) is 0 Å². The van der Waals surface area contributed by atoms with Gasteiger partial charge in [0.05, 0.1) is 21.8 Å². The molecule has 0 unspecified atom stereocenters. The molecule has 0 saturated carbocycles. The summed E-state index contributed by atoms with van der Waals surface area (Å²) in [5.74, 6) is 0.469. The molecule has 6 rings (SSSR count). The number of aromatic nitrogens is 4. The van der Waals surface area contributed by atoms with E-state index in [2.05, 4.69) is 8.37 Å². The topological polar surface area (TPSA) is 203 Å². The zero-order valence-electron chi connectivity index (χ0n) is 28.9. The van der Waals surface area contributed by atoms with Crippen LogP contribution < -0.4 is 78.6 Å². The van der Waals surface area contributed by atoms with Crippen molar-refractivity contribution in [2.24, 2.45) is 0 Å². The van der Waals surface area contributed by atoms with Crippen LogP contribution in [0.3, 0.4) is 0 Å². The Kier molecular flexibility index (Phi) is 14.6. The quantitative estimate of drug-likeness (QED) is 0.0553. The Morgan fingerprint density at radius 3 is 1.21 bits per heavy atom. The number of unbranched alkanes of at least 4 members (excludes halogenated alkanes) is 4. The van der Waals surface area contributed by atoms with Crippen LogP contribution in [0.5, 0.6) is 11.5 Å². The van der Waals surface area contributed by atoms with E-state index in [-0.39, 0.29) is 81.7 Å². The normalized spacial score (nSPS) is 11.5. The number of rotatable bonds is 14. The summed E-state index contributed by atoms with van der Waals surface area (Å²) >= 11 is 0. The molecule has 4 aromatic carbocycles. The van der Waals surface area contributed by atoms with Crippen LogP contribution in [0.4, 0.5) is 0 Å². The number of para-hydroxylation sites is 2. The van der Waals surface area contributed by atoms with Crippen molar-refractivity contribution in [2.45, 2.75) is 45.2 Å². The van der Waals surface area contributed by atoms with Crippen molar-refractivity contribution in [1.82, 2.24) is 19.1 Å². The van der Waals surface area contributed by atoms with Gasteiger partial charge in [-0.15, -0.1) is 0 Å². The fraction of sp³-hybridized carbons (Fsp3) is 0.200. The van der Waals surface area contributed by atoms with Gasteiger partial charge in [0.1, 0.15) is 23.1 Å². The number of hydrogen-bond acceptors (Lipinski definition) is 12. The first-order chi connectivity index (χ1) is 24.4. The average molecular weight is 777 g/mol. The minimum atomic E-state index is -4.94. The van der Waals surface area contributed by atoms with Crippen molar-refractivity contribution >= 4 is 42.6 Å². The zero-order valence-corrected chi connectivity index (χ0v) is 34.5. The molecule has 0 bridgehead atoms. The van der Waals surface area contributed by atoms with Crippen molar-refractivity contribution in [3.8, 4) is 34.3 Å². The van der Waals surface area contributed by atoms with E-state index >= 15 is 0 Å². The molecule has 6 aromatic rings. The van der Waals surface area contributed by atoms with Crippen molar-refractivity contribution in [3.63, 3.8) is 0 Å². The third-order valence-corrected chi connectivity index (χ3v) is 8.90. The summed E-state index contributed by atoms with van der Waals surface area (Å²) in [6, 6.07) is 25.4. The summed E-state index contributed by atoms with van der Waals surface area (Å²) in [4.78, 5) is 36.5. The molecule has 0 aliphatic carbocycles. The Hall–Kier alpha value is -3.42. The van der Waals surface area contributed by atoms with Gasteiger partial charge in [-0.1, -0.05) is 43.5 Å². The molecule has 0 atom stereocenters. The molecule has 0 aliphatic heterocycles. The van der Waals surface area contributed by atoms with Gasteiger partial charge in [0.25, 0.3) is 31.9 Å². The summed E-state index contributed by atoms with van der Waals surface area (Å²) in [5, 5.41) is 0.919. The Balaban J connectivity index is 0.00000314. The molecule has 0 amide bonds.